The topological polar surface area (TPSA) is 41.5 Å². The molecule has 58 valence electrons. The maximum atomic E-state index is 10.8. The molecule has 0 spiro atoms. The Morgan fingerprint density at radius 2 is 2.64 bits per heavy atom. The Balaban J connectivity index is 2.33. The first-order valence-electron chi connectivity index (χ1n) is 3.17. The molecule has 2 aliphatic rings. The molecule has 2 rings (SSSR count). The van der Waals surface area contributed by atoms with Crippen LogP contribution in [-0.2, 0) is 4.79 Å². The molecule has 2 heterocycles. The third kappa shape index (κ3) is 1.30. The van der Waals surface area contributed by atoms with Crippen molar-refractivity contribution in [3.05, 3.63) is 11.0 Å². The molecule has 2 aliphatic heterocycles. The molecule has 5 heteroatoms. The minimum Gasteiger partial charge on any atom is -0.347 e. The van der Waals surface area contributed by atoms with E-state index >= 15 is 0 Å². The largest absolute Gasteiger partial charge is 0.347 e. The molecule has 0 saturated carbocycles. The quantitative estimate of drug-likeness (QED) is 0.538. The van der Waals surface area contributed by atoms with E-state index in [2.05, 4.69) is 22.9 Å². The summed E-state index contributed by atoms with van der Waals surface area (Å²) >= 11 is 5.69. The minimum absolute atomic E-state index is 0.0241. The van der Waals surface area contributed by atoms with Crippen LogP contribution < -0.4 is 5.32 Å². The van der Waals surface area contributed by atoms with E-state index in [1.807, 2.05) is 0 Å². The lowest BCUT2D eigenvalue weighted by molar-refractivity contribution is -0.116. The van der Waals surface area contributed by atoms with Crippen molar-refractivity contribution >= 4 is 36.0 Å². The molecule has 11 heavy (non-hydrogen) atoms. The van der Waals surface area contributed by atoms with Crippen molar-refractivity contribution in [1.82, 2.24) is 5.32 Å². The molecule has 0 radical (unpaired) electrons. The Kier molecular flexibility index (Phi) is 1.69. The number of amides is 1. The molecule has 0 fully saturated rings. The van der Waals surface area contributed by atoms with Crippen molar-refractivity contribution in [3.8, 4) is 0 Å². The summed E-state index contributed by atoms with van der Waals surface area (Å²) < 4.78 is -0.0241. The highest BCUT2D eigenvalue weighted by Gasteiger charge is 2.24. The van der Waals surface area contributed by atoms with Gasteiger partial charge in [0.05, 0.1) is 12.3 Å². The van der Waals surface area contributed by atoms with Crippen LogP contribution in [0, 0.1) is 0 Å². The van der Waals surface area contributed by atoms with Crippen LogP contribution in [0.2, 0.25) is 0 Å². The highest BCUT2D eigenvalue weighted by atomic mass is 32.2. The fourth-order valence-corrected chi connectivity index (χ4v) is 2.32. The molecule has 1 amide bonds. The lowest BCUT2D eigenvalue weighted by Gasteiger charge is -2.09. The van der Waals surface area contributed by atoms with Crippen LogP contribution in [0.5, 0.6) is 0 Å². The maximum Gasteiger partial charge on any atom is 0.245 e. The number of fused-ring (bicyclic) bond motifs is 1. The van der Waals surface area contributed by atoms with Crippen LogP contribution in [0.15, 0.2) is 16.0 Å². The minimum atomic E-state index is -0.0334. The van der Waals surface area contributed by atoms with Gasteiger partial charge in [0.1, 0.15) is 4.71 Å². The van der Waals surface area contributed by atoms with Crippen LogP contribution in [0.1, 0.15) is 0 Å². The number of hydrogen-bond acceptors (Lipinski definition) is 4. The molecule has 1 N–H and O–H groups in total. The number of rotatable bonds is 0. The van der Waals surface area contributed by atoms with Gasteiger partial charge in [0, 0.05) is 11.0 Å². The molecule has 0 aromatic rings. The van der Waals surface area contributed by atoms with Gasteiger partial charge in [-0.25, -0.2) is 0 Å². The summed E-state index contributed by atoms with van der Waals surface area (Å²) in [6.07, 6.45) is 1.57. The lowest BCUT2D eigenvalue weighted by atomic mass is 10.2. The molecule has 0 saturated heterocycles. The van der Waals surface area contributed by atoms with E-state index in [4.69, 9.17) is 0 Å². The van der Waals surface area contributed by atoms with Gasteiger partial charge in [0.25, 0.3) is 0 Å². The second kappa shape index (κ2) is 2.57. The average molecular weight is 186 g/mol. The van der Waals surface area contributed by atoms with Crippen molar-refractivity contribution < 1.29 is 4.79 Å². The van der Waals surface area contributed by atoms with Crippen molar-refractivity contribution in [2.45, 2.75) is 4.71 Å². The Morgan fingerprint density at radius 1 is 1.82 bits per heavy atom. The number of nitrogens with zero attached hydrogens (tertiary/aromatic N) is 1. The van der Waals surface area contributed by atoms with Gasteiger partial charge >= 0.3 is 0 Å². The Morgan fingerprint density at radius 3 is 3.45 bits per heavy atom. The first kappa shape index (κ1) is 7.24. The predicted octanol–water partition coefficient (Wildman–Crippen LogP) is 0.401. The Labute approximate surface area is 73.7 Å². The second-order valence-corrected chi connectivity index (χ2v) is 4.21. The van der Waals surface area contributed by atoms with Crippen LogP contribution >= 0.6 is 24.4 Å². The van der Waals surface area contributed by atoms with Crippen molar-refractivity contribution in [1.29, 1.82) is 0 Å². The standard InChI is InChI=1S/C6H6N2OS2/c9-5-1-4-3(2-7-5)8-6(10)11-4/h1,6,10H,2H2,(H,7,9). The first-order valence-corrected chi connectivity index (χ1v) is 4.56. The zero-order chi connectivity index (χ0) is 7.84. The number of nitrogens with one attached hydrogen (secondary N) is 1. The van der Waals surface area contributed by atoms with Gasteiger partial charge in [0.15, 0.2) is 0 Å². The van der Waals surface area contributed by atoms with Crippen LogP contribution in [0.4, 0.5) is 0 Å². The molecule has 1 atom stereocenters. The van der Waals surface area contributed by atoms with E-state index in [1.165, 1.54) is 11.8 Å². The molecule has 3 nitrogen and oxygen atoms in total. The fraction of sp³-hybridized carbons (Fsp3) is 0.333. The zero-order valence-electron chi connectivity index (χ0n) is 5.57. The SMILES string of the molecule is O=C1C=C2SC(S)N=C2CN1. The molecule has 1 unspecified atom stereocenters. The monoisotopic (exact) mass is 186 g/mol. The van der Waals surface area contributed by atoms with Crippen molar-refractivity contribution in [2.24, 2.45) is 4.99 Å². The summed E-state index contributed by atoms with van der Waals surface area (Å²) in [5, 5.41) is 2.68. The van der Waals surface area contributed by atoms with E-state index in [0.717, 1.165) is 10.6 Å². The predicted molar refractivity (Wildman–Crippen MR) is 48.9 cm³/mol. The summed E-state index contributed by atoms with van der Waals surface area (Å²) in [7, 11) is 0. The number of thioether (sulfide) groups is 1. The number of aliphatic imine (C=N–C) groups is 1. The molecule has 0 aliphatic carbocycles. The zero-order valence-corrected chi connectivity index (χ0v) is 7.28. The Hall–Kier alpha value is -0.420. The Bertz CT molecular complexity index is 272. The number of carbonyl (C=O) groups is 1. The number of hydrogen-bond donors (Lipinski definition) is 2. The third-order valence-corrected chi connectivity index (χ3v) is 2.83. The van der Waals surface area contributed by atoms with E-state index in [9.17, 15) is 4.79 Å². The van der Waals surface area contributed by atoms with E-state index in [-0.39, 0.29) is 10.6 Å². The van der Waals surface area contributed by atoms with Crippen molar-refractivity contribution in [3.63, 3.8) is 0 Å². The van der Waals surface area contributed by atoms with Gasteiger partial charge in [-0.05, 0) is 0 Å². The molecular formula is C6H6N2OS2. The smallest absolute Gasteiger partial charge is 0.245 e. The lowest BCUT2D eigenvalue weighted by Crippen LogP contribution is -2.32. The normalized spacial score (nSPS) is 28.8. The average Bonchev–Trinajstić information content (AvgIpc) is 2.27. The molecular weight excluding hydrogens is 180 g/mol. The maximum absolute atomic E-state index is 10.8. The fourth-order valence-electron chi connectivity index (χ4n) is 0.996. The number of thiol groups is 1. The summed E-state index contributed by atoms with van der Waals surface area (Å²) in [5.74, 6) is -0.0334. The summed E-state index contributed by atoms with van der Waals surface area (Å²) in [6, 6.07) is 0. The summed E-state index contributed by atoms with van der Waals surface area (Å²) in [6.45, 7) is 0.550. The van der Waals surface area contributed by atoms with Gasteiger partial charge < -0.3 is 5.32 Å². The van der Waals surface area contributed by atoms with Crippen LogP contribution in [-0.4, -0.2) is 22.9 Å². The van der Waals surface area contributed by atoms with Gasteiger partial charge in [0.2, 0.25) is 5.91 Å². The second-order valence-electron chi connectivity index (χ2n) is 2.25. The third-order valence-electron chi connectivity index (χ3n) is 1.48. The highest BCUT2D eigenvalue weighted by molar-refractivity contribution is 8.14. The van der Waals surface area contributed by atoms with Gasteiger partial charge in [-0.1, -0.05) is 11.8 Å². The van der Waals surface area contributed by atoms with Crippen molar-refractivity contribution in [2.75, 3.05) is 6.54 Å². The van der Waals surface area contributed by atoms with Gasteiger partial charge in [-0.3, -0.25) is 9.79 Å². The van der Waals surface area contributed by atoms with E-state index in [0.29, 0.717) is 6.54 Å². The molecule has 0 aromatic carbocycles. The van der Waals surface area contributed by atoms with Crippen LogP contribution in [0.25, 0.3) is 0 Å². The summed E-state index contributed by atoms with van der Waals surface area (Å²) in [5.41, 5.74) is 0.953. The van der Waals surface area contributed by atoms with E-state index < -0.39 is 0 Å². The summed E-state index contributed by atoms with van der Waals surface area (Å²) in [4.78, 5) is 16.0. The van der Waals surface area contributed by atoms with E-state index in [1.54, 1.807) is 6.08 Å². The van der Waals surface area contributed by atoms with Gasteiger partial charge in [-0.2, -0.15) is 0 Å². The van der Waals surface area contributed by atoms with Gasteiger partial charge in [-0.15, -0.1) is 12.6 Å². The highest BCUT2D eigenvalue weighted by Crippen LogP contribution is 2.33. The molecule has 0 aromatic heterocycles. The number of carbonyl (C=O) groups excluding carboxylic acids is 1. The first-order chi connectivity index (χ1) is 5.25. The van der Waals surface area contributed by atoms with Crippen LogP contribution in [0.3, 0.4) is 0 Å². The molecule has 0 bridgehead atoms.